The molecule has 0 aliphatic rings. The van der Waals surface area contributed by atoms with Crippen molar-refractivity contribution in [1.29, 1.82) is 0 Å². The summed E-state index contributed by atoms with van der Waals surface area (Å²) in [4.78, 5) is 28.3. The van der Waals surface area contributed by atoms with Gasteiger partial charge in [0.05, 0.1) is 13.1 Å². The molecule has 4 aromatic rings. The first kappa shape index (κ1) is 37.3. The highest BCUT2D eigenvalue weighted by Gasteiger charge is 2.21. The predicted octanol–water partition coefficient (Wildman–Crippen LogP) is 7.81. The van der Waals surface area contributed by atoms with E-state index in [0.717, 1.165) is 56.3 Å². The first-order chi connectivity index (χ1) is 24.0. The molecule has 0 saturated heterocycles. The lowest BCUT2D eigenvalue weighted by Gasteiger charge is -2.26. The van der Waals surface area contributed by atoms with Gasteiger partial charge in [0.1, 0.15) is 24.7 Å². The molecule has 0 radical (unpaired) electrons. The monoisotopic (exact) mass is 676 g/mol. The van der Waals surface area contributed by atoms with Gasteiger partial charge in [-0.1, -0.05) is 49.6 Å². The normalized spacial score (nSPS) is 11.9. The van der Waals surface area contributed by atoms with Crippen LogP contribution < -0.4 is 19.3 Å². The van der Waals surface area contributed by atoms with Gasteiger partial charge in [0.2, 0.25) is 0 Å². The molecule has 0 aliphatic heterocycles. The molecule has 0 aliphatic carbocycles. The number of para-hydroxylation sites is 2. The Kier molecular flexibility index (Phi) is 13.3. The van der Waals surface area contributed by atoms with Crippen LogP contribution in [0.25, 0.3) is 11.1 Å². The molecule has 0 aromatic heterocycles. The van der Waals surface area contributed by atoms with E-state index in [1.807, 2.05) is 112 Å². The van der Waals surface area contributed by atoms with Gasteiger partial charge in [-0.2, -0.15) is 0 Å². The van der Waals surface area contributed by atoms with Gasteiger partial charge in [-0.25, -0.2) is 9.59 Å². The van der Waals surface area contributed by atoms with E-state index < -0.39 is 24.1 Å². The van der Waals surface area contributed by atoms with Gasteiger partial charge in [0.15, 0.2) is 12.2 Å². The molecule has 4 aromatic carbocycles. The van der Waals surface area contributed by atoms with Crippen molar-refractivity contribution in [3.63, 3.8) is 0 Å². The number of nitrogens with zero attached hydrogens (tertiary/aromatic N) is 2. The van der Waals surface area contributed by atoms with Crippen molar-refractivity contribution in [2.75, 3.05) is 50.2 Å². The molecule has 0 heterocycles. The molecule has 0 saturated carbocycles. The lowest BCUT2D eigenvalue weighted by molar-refractivity contribution is -0.144. The number of carbonyl (C=O) groups is 2. The van der Waals surface area contributed by atoms with Gasteiger partial charge in [-0.05, 0) is 110 Å². The molecule has 8 nitrogen and oxygen atoms in total. The summed E-state index contributed by atoms with van der Waals surface area (Å²) >= 11 is 0. The second kappa shape index (κ2) is 17.8. The van der Waals surface area contributed by atoms with Gasteiger partial charge in [-0.3, -0.25) is 0 Å². The number of aryl methyl sites for hydroxylation is 4. The molecule has 2 atom stereocenters. The first-order valence-electron chi connectivity index (χ1n) is 16.7. The van der Waals surface area contributed by atoms with Gasteiger partial charge in [-0.15, -0.1) is 0 Å². The molecule has 0 amide bonds. The lowest BCUT2D eigenvalue weighted by atomic mass is 9.96. The van der Waals surface area contributed by atoms with Crippen molar-refractivity contribution in [2.45, 2.75) is 39.9 Å². The number of hydrogen-bond donors (Lipinski definition) is 0. The minimum atomic E-state index is -0.513. The lowest BCUT2D eigenvalue weighted by Crippen LogP contribution is -2.36. The van der Waals surface area contributed by atoms with Crippen LogP contribution in [0.1, 0.15) is 22.3 Å². The van der Waals surface area contributed by atoms with E-state index in [2.05, 4.69) is 37.4 Å². The Hall–Kier alpha value is -5.50. The van der Waals surface area contributed by atoms with E-state index in [1.54, 1.807) is 0 Å². The minimum Gasteiger partial charge on any atom is -0.489 e. The highest BCUT2D eigenvalue weighted by Crippen LogP contribution is 2.34. The van der Waals surface area contributed by atoms with E-state index in [-0.39, 0.29) is 13.2 Å². The largest absolute Gasteiger partial charge is 0.489 e. The van der Waals surface area contributed by atoms with E-state index in [4.69, 9.17) is 18.9 Å². The van der Waals surface area contributed by atoms with Crippen LogP contribution in [0, 0.1) is 27.7 Å². The van der Waals surface area contributed by atoms with Crippen molar-refractivity contribution >= 4 is 23.3 Å². The summed E-state index contributed by atoms with van der Waals surface area (Å²) in [5, 5.41) is 0. The summed E-state index contributed by atoms with van der Waals surface area (Å²) in [5.74, 6) is 0.527. The molecule has 8 heteroatoms. The Morgan fingerprint density at radius 3 is 1.22 bits per heavy atom. The molecular formula is C42H48N2O6. The third-order valence-corrected chi connectivity index (χ3v) is 8.33. The SMILES string of the molecule is C=CC(=O)OC(COc1c(C)cc(-c2cc(C)c(OCC(CN(C)c3ccccc3)OC(=O)C=C)c(C)c2)cc1C)CN(C)c1ccccc1. The zero-order valence-electron chi connectivity index (χ0n) is 30.0. The number of hydrogen-bond acceptors (Lipinski definition) is 8. The van der Waals surface area contributed by atoms with E-state index >= 15 is 0 Å². The Morgan fingerprint density at radius 1 is 0.600 bits per heavy atom. The van der Waals surface area contributed by atoms with Crippen molar-refractivity contribution < 1.29 is 28.5 Å². The summed E-state index contributed by atoms with van der Waals surface area (Å²) in [5.41, 5.74) is 7.99. The van der Waals surface area contributed by atoms with Crippen LogP contribution in [-0.2, 0) is 19.1 Å². The molecular weight excluding hydrogens is 628 g/mol. The van der Waals surface area contributed by atoms with Gasteiger partial charge in [0, 0.05) is 37.6 Å². The molecule has 2 unspecified atom stereocenters. The van der Waals surface area contributed by atoms with Crippen LogP contribution in [0.5, 0.6) is 11.5 Å². The average Bonchev–Trinajstić information content (AvgIpc) is 3.11. The van der Waals surface area contributed by atoms with Crippen molar-refractivity contribution in [2.24, 2.45) is 0 Å². The van der Waals surface area contributed by atoms with Crippen molar-refractivity contribution in [1.82, 2.24) is 0 Å². The maximum absolute atomic E-state index is 12.1. The van der Waals surface area contributed by atoms with E-state index in [9.17, 15) is 9.59 Å². The van der Waals surface area contributed by atoms with E-state index in [1.165, 1.54) is 12.2 Å². The van der Waals surface area contributed by atoms with Crippen LogP contribution in [0.4, 0.5) is 11.4 Å². The zero-order valence-corrected chi connectivity index (χ0v) is 30.0. The zero-order chi connectivity index (χ0) is 36.2. The summed E-state index contributed by atoms with van der Waals surface area (Å²) in [6.07, 6.45) is 1.31. The summed E-state index contributed by atoms with van der Waals surface area (Å²) in [6.45, 7) is 16.4. The smallest absolute Gasteiger partial charge is 0.330 e. The maximum Gasteiger partial charge on any atom is 0.330 e. The Balaban J connectivity index is 1.47. The van der Waals surface area contributed by atoms with Crippen LogP contribution in [0.3, 0.4) is 0 Å². The Bertz CT molecular complexity index is 1590. The molecule has 4 rings (SSSR count). The second-order valence-electron chi connectivity index (χ2n) is 12.5. The van der Waals surface area contributed by atoms with E-state index in [0.29, 0.717) is 13.1 Å². The summed E-state index contributed by atoms with van der Waals surface area (Å²) in [6, 6.07) is 28.2. The topological polar surface area (TPSA) is 77.5 Å². The van der Waals surface area contributed by atoms with Crippen molar-refractivity contribution in [3.8, 4) is 22.6 Å². The van der Waals surface area contributed by atoms with Gasteiger partial charge >= 0.3 is 11.9 Å². The summed E-state index contributed by atoms with van der Waals surface area (Å²) < 4.78 is 23.9. The maximum atomic E-state index is 12.1. The first-order valence-corrected chi connectivity index (χ1v) is 16.7. The summed E-state index contributed by atoms with van der Waals surface area (Å²) in [7, 11) is 3.91. The predicted molar refractivity (Wildman–Crippen MR) is 201 cm³/mol. The molecule has 0 fully saturated rings. The van der Waals surface area contributed by atoms with Crippen LogP contribution in [-0.4, -0.2) is 64.5 Å². The van der Waals surface area contributed by atoms with Crippen LogP contribution in [0.15, 0.2) is 110 Å². The van der Waals surface area contributed by atoms with Crippen LogP contribution >= 0.6 is 0 Å². The van der Waals surface area contributed by atoms with Gasteiger partial charge < -0.3 is 28.7 Å². The Labute approximate surface area is 296 Å². The number of anilines is 2. The van der Waals surface area contributed by atoms with Crippen LogP contribution in [0.2, 0.25) is 0 Å². The third-order valence-electron chi connectivity index (χ3n) is 8.33. The number of rotatable bonds is 17. The number of carbonyl (C=O) groups excluding carboxylic acids is 2. The third kappa shape index (κ3) is 10.3. The Morgan fingerprint density at radius 2 is 0.920 bits per heavy atom. The molecule has 50 heavy (non-hydrogen) atoms. The minimum absolute atomic E-state index is 0.187. The fraction of sp³-hybridized carbons (Fsp3) is 0.286. The van der Waals surface area contributed by atoms with Gasteiger partial charge in [0.25, 0.3) is 0 Å². The standard InChI is InChI=1S/C42H48N2O6/c1-9-39(45)49-37(25-43(7)35-17-13-11-14-18-35)27-47-41-29(3)21-33(22-30(41)4)34-23-31(5)42(32(6)24-34)48-28-38(50-40(46)10-2)26-44(8)36-19-15-12-16-20-36/h9-24,37-38H,1-2,25-28H2,3-8H3. The quantitative estimate of drug-likeness (QED) is 0.0828. The number of benzene rings is 4. The molecule has 262 valence electrons. The highest BCUT2D eigenvalue weighted by molar-refractivity contribution is 5.81. The fourth-order valence-corrected chi connectivity index (χ4v) is 5.90. The molecule has 0 N–H and O–H groups in total. The average molecular weight is 677 g/mol. The number of esters is 2. The highest BCUT2D eigenvalue weighted by atomic mass is 16.6. The molecule has 0 bridgehead atoms. The second-order valence-corrected chi connectivity index (χ2v) is 12.5. The molecule has 0 spiro atoms. The fourth-order valence-electron chi connectivity index (χ4n) is 5.90. The van der Waals surface area contributed by atoms with Crippen molar-refractivity contribution in [3.05, 3.63) is 132 Å². The number of likely N-dealkylation sites (N-methyl/N-ethyl adjacent to an activating group) is 2. The number of ether oxygens (including phenoxy) is 4.